The maximum Gasteiger partial charge on any atom is 0.190 e. The van der Waals surface area contributed by atoms with E-state index in [0.29, 0.717) is 0 Å². The number of rotatable bonds is 4. The molecule has 1 unspecified atom stereocenters. The fourth-order valence-corrected chi connectivity index (χ4v) is 2.28. The average Bonchev–Trinajstić information content (AvgIpc) is 2.66. The van der Waals surface area contributed by atoms with Crippen molar-refractivity contribution in [3.05, 3.63) is 0 Å². The third-order valence-electron chi connectivity index (χ3n) is 3.01. The molecule has 0 saturated carbocycles. The largest absolute Gasteiger partial charge is 0.359 e. The van der Waals surface area contributed by atoms with Gasteiger partial charge in [-0.25, -0.2) is 0 Å². The monoisotopic (exact) mass is 226 g/mol. The minimum absolute atomic E-state index is 0.767. The van der Waals surface area contributed by atoms with E-state index in [1.165, 1.54) is 26.1 Å². The molecule has 94 valence electrons. The summed E-state index contributed by atoms with van der Waals surface area (Å²) in [5, 5.41) is 6.39. The third kappa shape index (κ3) is 4.39. The van der Waals surface area contributed by atoms with Gasteiger partial charge in [0, 0.05) is 33.7 Å². The third-order valence-corrected chi connectivity index (χ3v) is 3.01. The van der Waals surface area contributed by atoms with Crippen LogP contribution in [-0.4, -0.2) is 51.1 Å². The van der Waals surface area contributed by atoms with Crippen molar-refractivity contribution < 1.29 is 0 Å². The normalized spacial score (nSPS) is 22.8. The Labute approximate surface area is 99.5 Å². The molecule has 0 spiro atoms. The Morgan fingerprint density at radius 3 is 2.81 bits per heavy atom. The molecule has 2 N–H and O–H groups in total. The second-order valence-corrected chi connectivity index (χ2v) is 5.01. The van der Waals surface area contributed by atoms with Crippen LogP contribution in [0.1, 0.15) is 20.3 Å². The van der Waals surface area contributed by atoms with Crippen LogP contribution in [-0.2, 0) is 0 Å². The highest BCUT2D eigenvalue weighted by Crippen LogP contribution is 2.16. The molecule has 0 aromatic heterocycles. The minimum Gasteiger partial charge on any atom is -0.359 e. The molecule has 0 aromatic rings. The van der Waals surface area contributed by atoms with Crippen LogP contribution >= 0.6 is 0 Å². The molecule has 4 heteroatoms. The summed E-state index contributed by atoms with van der Waals surface area (Å²) >= 11 is 0. The van der Waals surface area contributed by atoms with Crippen molar-refractivity contribution in [1.29, 1.82) is 0 Å². The first-order valence-corrected chi connectivity index (χ1v) is 6.26. The first-order chi connectivity index (χ1) is 7.65. The van der Waals surface area contributed by atoms with Crippen LogP contribution < -0.4 is 10.6 Å². The van der Waals surface area contributed by atoms with Crippen molar-refractivity contribution in [1.82, 2.24) is 15.5 Å². The van der Waals surface area contributed by atoms with Gasteiger partial charge in [0.05, 0.1) is 0 Å². The van der Waals surface area contributed by atoms with Crippen LogP contribution in [0.4, 0.5) is 0 Å². The fraction of sp³-hybridized carbons (Fsp3) is 0.917. The first-order valence-electron chi connectivity index (χ1n) is 6.26. The van der Waals surface area contributed by atoms with Crippen molar-refractivity contribution in [2.75, 3.05) is 40.3 Å². The van der Waals surface area contributed by atoms with Crippen molar-refractivity contribution in [2.45, 2.75) is 20.3 Å². The van der Waals surface area contributed by atoms with Crippen LogP contribution in [0.5, 0.6) is 0 Å². The molecule has 0 aromatic carbocycles. The van der Waals surface area contributed by atoms with E-state index in [1.807, 2.05) is 7.05 Å². The summed E-state index contributed by atoms with van der Waals surface area (Å²) in [5.74, 6) is 2.43. The summed E-state index contributed by atoms with van der Waals surface area (Å²) in [7, 11) is 3.70. The molecule has 1 atom stereocenters. The zero-order valence-electron chi connectivity index (χ0n) is 11.1. The standard InChI is InChI=1S/C12H26N4/c1-10(2)8-16-6-5-11(9-16)7-15-12(13-3)14-4/h10-11H,5-9H2,1-4H3,(H2,13,14,15). The lowest BCUT2D eigenvalue weighted by molar-refractivity contribution is 0.287. The Bertz CT molecular complexity index is 225. The summed E-state index contributed by atoms with van der Waals surface area (Å²) in [6.07, 6.45) is 1.31. The molecule has 1 aliphatic heterocycles. The molecular weight excluding hydrogens is 200 g/mol. The fourth-order valence-electron chi connectivity index (χ4n) is 2.28. The van der Waals surface area contributed by atoms with Gasteiger partial charge in [-0.05, 0) is 24.8 Å². The second kappa shape index (κ2) is 6.74. The van der Waals surface area contributed by atoms with Gasteiger partial charge in [-0.3, -0.25) is 4.99 Å². The van der Waals surface area contributed by atoms with E-state index in [0.717, 1.165) is 24.3 Å². The van der Waals surface area contributed by atoms with Crippen LogP contribution in [0.3, 0.4) is 0 Å². The zero-order chi connectivity index (χ0) is 12.0. The van der Waals surface area contributed by atoms with Crippen LogP contribution in [0.2, 0.25) is 0 Å². The Morgan fingerprint density at radius 2 is 2.25 bits per heavy atom. The minimum atomic E-state index is 0.767. The molecule has 16 heavy (non-hydrogen) atoms. The van der Waals surface area contributed by atoms with Gasteiger partial charge in [-0.15, -0.1) is 0 Å². The number of hydrogen-bond acceptors (Lipinski definition) is 2. The second-order valence-electron chi connectivity index (χ2n) is 5.01. The Morgan fingerprint density at radius 1 is 1.50 bits per heavy atom. The highest BCUT2D eigenvalue weighted by Gasteiger charge is 2.22. The lowest BCUT2D eigenvalue weighted by Crippen LogP contribution is -2.38. The summed E-state index contributed by atoms with van der Waals surface area (Å²) in [5.41, 5.74) is 0. The van der Waals surface area contributed by atoms with E-state index in [4.69, 9.17) is 0 Å². The van der Waals surface area contributed by atoms with Crippen LogP contribution in [0, 0.1) is 11.8 Å². The van der Waals surface area contributed by atoms with Gasteiger partial charge in [-0.1, -0.05) is 13.8 Å². The molecule has 0 bridgehead atoms. The molecule has 1 heterocycles. The molecular formula is C12H26N4. The van der Waals surface area contributed by atoms with Crippen molar-refractivity contribution >= 4 is 5.96 Å². The Kier molecular flexibility index (Phi) is 5.60. The number of aliphatic imine (C=N–C) groups is 1. The van der Waals surface area contributed by atoms with Gasteiger partial charge in [-0.2, -0.15) is 0 Å². The van der Waals surface area contributed by atoms with Crippen molar-refractivity contribution in [3.8, 4) is 0 Å². The lowest BCUT2D eigenvalue weighted by Gasteiger charge is -2.18. The number of nitrogens with one attached hydrogen (secondary N) is 2. The summed E-state index contributed by atoms with van der Waals surface area (Å²) in [4.78, 5) is 6.68. The molecule has 0 amide bonds. The van der Waals surface area contributed by atoms with Crippen molar-refractivity contribution in [2.24, 2.45) is 16.8 Å². The van der Waals surface area contributed by atoms with E-state index >= 15 is 0 Å². The first kappa shape index (κ1) is 13.3. The van der Waals surface area contributed by atoms with E-state index in [9.17, 15) is 0 Å². The van der Waals surface area contributed by atoms with Crippen molar-refractivity contribution in [3.63, 3.8) is 0 Å². The van der Waals surface area contributed by atoms with E-state index in [-0.39, 0.29) is 0 Å². The number of guanidine groups is 1. The topological polar surface area (TPSA) is 39.7 Å². The maximum absolute atomic E-state index is 4.12. The molecule has 1 saturated heterocycles. The maximum atomic E-state index is 4.12. The molecule has 1 fully saturated rings. The Hall–Kier alpha value is -0.770. The van der Waals surface area contributed by atoms with Crippen LogP contribution in [0.25, 0.3) is 0 Å². The molecule has 1 rings (SSSR count). The number of nitrogens with zero attached hydrogens (tertiary/aromatic N) is 2. The molecule has 1 aliphatic rings. The van der Waals surface area contributed by atoms with E-state index in [2.05, 4.69) is 34.4 Å². The average molecular weight is 226 g/mol. The summed E-state index contributed by atoms with van der Waals surface area (Å²) < 4.78 is 0. The molecule has 4 nitrogen and oxygen atoms in total. The Balaban J connectivity index is 2.21. The molecule has 0 aliphatic carbocycles. The van der Waals surface area contributed by atoms with E-state index < -0.39 is 0 Å². The smallest absolute Gasteiger partial charge is 0.190 e. The van der Waals surface area contributed by atoms with Gasteiger partial charge in [0.15, 0.2) is 5.96 Å². The van der Waals surface area contributed by atoms with Gasteiger partial charge < -0.3 is 15.5 Å². The summed E-state index contributed by atoms with van der Waals surface area (Å²) in [6.45, 7) is 9.32. The van der Waals surface area contributed by atoms with Crippen LogP contribution in [0.15, 0.2) is 4.99 Å². The highest BCUT2D eigenvalue weighted by atomic mass is 15.2. The quantitative estimate of drug-likeness (QED) is 0.549. The number of likely N-dealkylation sites (tertiary alicyclic amines) is 1. The zero-order valence-corrected chi connectivity index (χ0v) is 11.1. The lowest BCUT2D eigenvalue weighted by atomic mass is 10.1. The van der Waals surface area contributed by atoms with E-state index in [1.54, 1.807) is 7.05 Å². The predicted molar refractivity (Wildman–Crippen MR) is 69.8 cm³/mol. The predicted octanol–water partition coefficient (Wildman–Crippen LogP) is 0.759. The van der Waals surface area contributed by atoms with Gasteiger partial charge in [0.2, 0.25) is 0 Å². The summed E-state index contributed by atoms with van der Waals surface area (Å²) in [6, 6.07) is 0. The van der Waals surface area contributed by atoms with Gasteiger partial charge >= 0.3 is 0 Å². The molecule has 0 radical (unpaired) electrons. The number of hydrogen-bond donors (Lipinski definition) is 2. The highest BCUT2D eigenvalue weighted by molar-refractivity contribution is 5.79. The SMILES string of the molecule is CN=C(NC)NCC1CCN(CC(C)C)C1. The van der Waals surface area contributed by atoms with Gasteiger partial charge in [0.1, 0.15) is 0 Å². The van der Waals surface area contributed by atoms with Gasteiger partial charge in [0.25, 0.3) is 0 Å².